The molecule has 162 valence electrons. The lowest BCUT2D eigenvalue weighted by atomic mass is 10.1. The molecule has 1 saturated heterocycles. The molecule has 0 saturated carbocycles. The Morgan fingerprint density at radius 2 is 1.87 bits per heavy atom. The molecular formula is C23H28N6O2. The highest BCUT2D eigenvalue weighted by Crippen LogP contribution is 2.20. The summed E-state index contributed by atoms with van der Waals surface area (Å²) in [7, 11) is 1.67. The van der Waals surface area contributed by atoms with E-state index in [0.29, 0.717) is 23.7 Å². The highest BCUT2D eigenvalue weighted by atomic mass is 16.2. The van der Waals surface area contributed by atoms with Crippen LogP contribution in [-0.4, -0.2) is 44.9 Å². The van der Waals surface area contributed by atoms with Crippen molar-refractivity contribution in [2.75, 3.05) is 31.1 Å². The number of fused-ring (bicyclic) bond motifs is 1. The second-order valence-electron chi connectivity index (χ2n) is 7.74. The first-order valence-corrected chi connectivity index (χ1v) is 10.7. The molecule has 0 bridgehead atoms. The van der Waals surface area contributed by atoms with Gasteiger partial charge in [-0.25, -0.2) is 4.79 Å². The molecule has 1 aliphatic heterocycles. The number of nitrogens with zero attached hydrogens (tertiary/aromatic N) is 5. The maximum atomic E-state index is 13.6. The predicted molar refractivity (Wildman–Crippen MR) is 123 cm³/mol. The van der Waals surface area contributed by atoms with Crippen molar-refractivity contribution in [1.29, 1.82) is 0 Å². The van der Waals surface area contributed by atoms with E-state index < -0.39 is 0 Å². The summed E-state index contributed by atoms with van der Waals surface area (Å²) in [5, 5.41) is 3.33. The van der Waals surface area contributed by atoms with Gasteiger partial charge in [-0.1, -0.05) is 37.1 Å². The van der Waals surface area contributed by atoms with Crippen LogP contribution in [0.2, 0.25) is 0 Å². The van der Waals surface area contributed by atoms with Gasteiger partial charge in [0.1, 0.15) is 0 Å². The summed E-state index contributed by atoms with van der Waals surface area (Å²) in [5.74, 6) is 6.66. The average molecular weight is 421 g/mol. The van der Waals surface area contributed by atoms with Crippen molar-refractivity contribution in [2.24, 2.45) is 7.05 Å². The first-order valence-electron chi connectivity index (χ1n) is 10.7. The van der Waals surface area contributed by atoms with E-state index in [1.54, 1.807) is 14.0 Å². The minimum atomic E-state index is -0.363. The van der Waals surface area contributed by atoms with Gasteiger partial charge in [-0.2, -0.15) is 4.98 Å². The van der Waals surface area contributed by atoms with Gasteiger partial charge in [-0.3, -0.25) is 18.5 Å². The molecule has 8 heteroatoms. The number of aromatic nitrogens is 4. The summed E-state index contributed by atoms with van der Waals surface area (Å²) in [6.07, 6.45) is 0.899. The van der Waals surface area contributed by atoms with Crippen molar-refractivity contribution >= 4 is 17.1 Å². The summed E-state index contributed by atoms with van der Waals surface area (Å²) in [6.45, 7) is 7.70. The molecule has 0 amide bonds. The Balaban J connectivity index is 1.91. The summed E-state index contributed by atoms with van der Waals surface area (Å²) in [5.41, 5.74) is 2.24. The molecule has 1 aliphatic rings. The number of nitrogens with one attached hydrogen (secondary N) is 1. The summed E-state index contributed by atoms with van der Waals surface area (Å²) >= 11 is 0. The number of benzene rings is 1. The minimum Gasteiger partial charge on any atom is -0.340 e. The zero-order chi connectivity index (χ0) is 22.0. The van der Waals surface area contributed by atoms with E-state index >= 15 is 0 Å². The molecule has 1 aromatic carbocycles. The Morgan fingerprint density at radius 1 is 1.13 bits per heavy atom. The molecule has 2 aromatic heterocycles. The number of aryl methyl sites for hydroxylation is 2. The summed E-state index contributed by atoms with van der Waals surface area (Å²) in [6, 6.07) is 8.00. The Kier molecular flexibility index (Phi) is 5.96. The van der Waals surface area contributed by atoms with Crippen LogP contribution < -0.4 is 21.5 Å². The fourth-order valence-corrected chi connectivity index (χ4v) is 4.04. The lowest BCUT2D eigenvalue weighted by Gasteiger charge is -2.28. The van der Waals surface area contributed by atoms with Crippen LogP contribution >= 0.6 is 0 Å². The van der Waals surface area contributed by atoms with Crippen molar-refractivity contribution in [1.82, 2.24) is 24.0 Å². The van der Waals surface area contributed by atoms with Crippen molar-refractivity contribution in [3.63, 3.8) is 0 Å². The largest absolute Gasteiger partial charge is 0.340 e. The van der Waals surface area contributed by atoms with Gasteiger partial charge in [0, 0.05) is 33.2 Å². The number of piperazine rings is 1. The smallest absolute Gasteiger partial charge is 0.332 e. The standard InChI is InChI=1S/C23H28N6O2/c1-4-6-12-28-19-20(25-22(28)27-13-10-24-11-14-27)26(3)23(31)29(21(19)30)16-18-9-7-8-17(5-2)15-18/h7-9,15,24H,5,10-14,16H2,1-3H3. The van der Waals surface area contributed by atoms with E-state index in [1.165, 1.54) is 14.7 Å². The van der Waals surface area contributed by atoms with Crippen LogP contribution in [0.3, 0.4) is 0 Å². The topological polar surface area (TPSA) is 77.1 Å². The van der Waals surface area contributed by atoms with E-state index in [2.05, 4.69) is 29.0 Å². The molecule has 0 unspecified atom stereocenters. The van der Waals surface area contributed by atoms with Crippen LogP contribution in [0.25, 0.3) is 11.2 Å². The van der Waals surface area contributed by atoms with Crippen molar-refractivity contribution < 1.29 is 0 Å². The zero-order valence-corrected chi connectivity index (χ0v) is 18.3. The van der Waals surface area contributed by atoms with E-state index in [4.69, 9.17) is 4.98 Å². The van der Waals surface area contributed by atoms with Gasteiger partial charge < -0.3 is 10.2 Å². The molecule has 3 aromatic rings. The molecule has 3 heterocycles. The Hall–Kier alpha value is -3.31. The molecule has 8 nitrogen and oxygen atoms in total. The maximum Gasteiger partial charge on any atom is 0.332 e. The van der Waals surface area contributed by atoms with Crippen LogP contribution in [0, 0.1) is 11.8 Å². The Bertz CT molecular complexity index is 1280. The molecular weight excluding hydrogens is 392 g/mol. The summed E-state index contributed by atoms with van der Waals surface area (Å²) < 4.78 is 4.63. The molecule has 1 fully saturated rings. The van der Waals surface area contributed by atoms with Gasteiger partial charge in [0.15, 0.2) is 11.2 Å². The van der Waals surface area contributed by atoms with Gasteiger partial charge >= 0.3 is 5.69 Å². The SMILES string of the molecule is CC#CCn1c(N2CCNCC2)nc2c1c(=O)n(Cc1cccc(CC)c1)c(=O)n2C. The Labute approximate surface area is 181 Å². The van der Waals surface area contributed by atoms with Crippen LogP contribution in [0.1, 0.15) is 25.0 Å². The molecule has 1 N–H and O–H groups in total. The highest BCUT2D eigenvalue weighted by Gasteiger charge is 2.24. The molecule has 0 aliphatic carbocycles. The van der Waals surface area contributed by atoms with Gasteiger partial charge in [-0.05, 0) is 24.5 Å². The normalized spacial score (nSPS) is 14.0. The van der Waals surface area contributed by atoms with Crippen LogP contribution in [0.4, 0.5) is 5.95 Å². The lowest BCUT2D eigenvalue weighted by molar-refractivity contribution is 0.572. The summed E-state index contributed by atoms with van der Waals surface area (Å²) in [4.78, 5) is 33.5. The van der Waals surface area contributed by atoms with Crippen LogP contribution in [0.5, 0.6) is 0 Å². The first kappa shape index (κ1) is 20.9. The first-order chi connectivity index (χ1) is 15.0. The minimum absolute atomic E-state index is 0.225. The number of hydrogen-bond donors (Lipinski definition) is 1. The van der Waals surface area contributed by atoms with Gasteiger partial charge in [-0.15, -0.1) is 5.92 Å². The van der Waals surface area contributed by atoms with Gasteiger partial charge in [0.25, 0.3) is 5.56 Å². The predicted octanol–water partition coefficient (Wildman–Crippen LogP) is 0.940. The maximum absolute atomic E-state index is 13.6. The highest BCUT2D eigenvalue weighted by molar-refractivity contribution is 5.75. The second kappa shape index (κ2) is 8.82. The third-order valence-corrected chi connectivity index (χ3v) is 5.77. The van der Waals surface area contributed by atoms with Crippen LogP contribution in [0.15, 0.2) is 33.9 Å². The van der Waals surface area contributed by atoms with Gasteiger partial charge in [0.2, 0.25) is 5.95 Å². The molecule has 0 spiro atoms. The molecule has 0 atom stereocenters. The van der Waals surface area contributed by atoms with E-state index in [0.717, 1.165) is 38.2 Å². The fraction of sp³-hybridized carbons (Fsp3) is 0.435. The van der Waals surface area contributed by atoms with Crippen molar-refractivity contribution in [2.45, 2.75) is 33.4 Å². The average Bonchev–Trinajstić information content (AvgIpc) is 3.19. The number of imidazole rings is 1. The van der Waals surface area contributed by atoms with Crippen molar-refractivity contribution in [3.8, 4) is 11.8 Å². The molecule has 0 radical (unpaired) electrons. The monoisotopic (exact) mass is 420 g/mol. The van der Waals surface area contributed by atoms with E-state index in [9.17, 15) is 9.59 Å². The molecule has 31 heavy (non-hydrogen) atoms. The van der Waals surface area contributed by atoms with E-state index in [-0.39, 0.29) is 17.8 Å². The quantitative estimate of drug-likeness (QED) is 0.622. The third kappa shape index (κ3) is 3.89. The number of rotatable bonds is 5. The third-order valence-electron chi connectivity index (χ3n) is 5.77. The fourth-order valence-electron chi connectivity index (χ4n) is 4.04. The molecule has 4 rings (SSSR count). The van der Waals surface area contributed by atoms with E-state index in [1.807, 2.05) is 28.8 Å². The van der Waals surface area contributed by atoms with Crippen molar-refractivity contribution in [3.05, 3.63) is 56.2 Å². The number of anilines is 1. The van der Waals surface area contributed by atoms with Crippen LogP contribution in [-0.2, 0) is 26.6 Å². The number of hydrogen-bond acceptors (Lipinski definition) is 5. The van der Waals surface area contributed by atoms with Gasteiger partial charge in [0.05, 0.1) is 13.1 Å². The lowest BCUT2D eigenvalue weighted by Crippen LogP contribution is -2.44. The zero-order valence-electron chi connectivity index (χ0n) is 18.3. The Morgan fingerprint density at radius 3 is 2.58 bits per heavy atom. The second-order valence-corrected chi connectivity index (χ2v) is 7.74.